The average Bonchev–Trinajstić information content (AvgIpc) is 3.37. The van der Waals surface area contributed by atoms with Gasteiger partial charge in [0, 0.05) is 25.1 Å². The lowest BCUT2D eigenvalue weighted by molar-refractivity contribution is 0.00578. The molecule has 2 saturated heterocycles. The molecule has 1 N–H and O–H groups in total. The molecule has 5 heterocycles. The molecule has 5 rings (SSSR count). The molecule has 0 atom stereocenters. The number of rotatable bonds is 6. The van der Waals surface area contributed by atoms with Crippen LogP contribution in [0.2, 0.25) is 0 Å². The molecule has 166 valence electrons. The Balaban J connectivity index is 1.40. The largest absolute Gasteiger partial charge is 0.497 e. The van der Waals surface area contributed by atoms with Gasteiger partial charge in [-0.2, -0.15) is 5.10 Å². The van der Waals surface area contributed by atoms with Gasteiger partial charge in [0.1, 0.15) is 5.75 Å². The maximum absolute atomic E-state index is 6.35. The Bertz CT molecular complexity index is 1060. The van der Waals surface area contributed by atoms with Crippen molar-refractivity contribution in [2.24, 2.45) is 0 Å². The van der Waals surface area contributed by atoms with Crippen molar-refractivity contribution in [2.45, 2.75) is 45.3 Å². The van der Waals surface area contributed by atoms with Crippen molar-refractivity contribution >= 4 is 29.1 Å². The highest BCUT2D eigenvalue weighted by molar-refractivity contribution is 6.65. The molecule has 0 bridgehead atoms. The normalized spacial score (nSPS) is 21.4. The molecular formula is C21H30BN5O4. The Morgan fingerprint density at radius 1 is 1.16 bits per heavy atom. The predicted octanol–water partition coefficient (Wildman–Crippen LogP) is 1.61. The molecule has 2 aliphatic heterocycles. The van der Waals surface area contributed by atoms with E-state index in [0.29, 0.717) is 6.61 Å². The Kier molecular flexibility index (Phi) is 5.20. The lowest BCUT2D eigenvalue weighted by atomic mass is 9.78. The number of fused-ring (bicyclic) bond motifs is 3. The summed E-state index contributed by atoms with van der Waals surface area (Å²) in [6, 6.07) is 2.01. The van der Waals surface area contributed by atoms with E-state index in [2.05, 4.69) is 47.9 Å². The van der Waals surface area contributed by atoms with Crippen molar-refractivity contribution in [3.63, 3.8) is 0 Å². The van der Waals surface area contributed by atoms with E-state index in [-0.39, 0.29) is 0 Å². The third-order valence-corrected chi connectivity index (χ3v) is 6.63. The summed E-state index contributed by atoms with van der Waals surface area (Å²) in [5, 5.41) is 12.6. The average molecular weight is 427 g/mol. The maximum atomic E-state index is 6.35. The molecule has 0 aliphatic carbocycles. The lowest BCUT2D eigenvalue weighted by Gasteiger charge is -2.32. The van der Waals surface area contributed by atoms with Crippen molar-refractivity contribution in [3.05, 3.63) is 18.5 Å². The number of aromatic nitrogens is 4. The van der Waals surface area contributed by atoms with Crippen LogP contribution in [0.15, 0.2) is 18.5 Å². The molecule has 2 fully saturated rings. The molecule has 3 aromatic heterocycles. The van der Waals surface area contributed by atoms with Gasteiger partial charge in [-0.05, 0) is 40.2 Å². The molecule has 0 radical (unpaired) electrons. The van der Waals surface area contributed by atoms with Gasteiger partial charge in [-0.1, -0.05) is 0 Å². The van der Waals surface area contributed by atoms with Gasteiger partial charge < -0.3 is 18.8 Å². The first-order chi connectivity index (χ1) is 14.8. The first kappa shape index (κ1) is 20.8. The standard InChI is InChI=1S/C21H30BN5O4/c1-20(2)21(3,4)31-22(30-20)17-12-15(29-9-5-6-26-7-10-28-11-8-26)14-27-18(17)16-13-23-24-19(16)25-27/h12-14H,5-11H2,1-4H3,(H,24,25). The zero-order valence-corrected chi connectivity index (χ0v) is 18.7. The molecule has 0 aromatic carbocycles. The fraction of sp³-hybridized carbons (Fsp3) is 0.619. The van der Waals surface area contributed by atoms with E-state index < -0.39 is 18.3 Å². The zero-order chi connectivity index (χ0) is 21.6. The van der Waals surface area contributed by atoms with Gasteiger partial charge in [-0.3, -0.25) is 10.00 Å². The van der Waals surface area contributed by atoms with Gasteiger partial charge in [0.15, 0.2) is 5.65 Å². The fourth-order valence-electron chi connectivity index (χ4n) is 4.10. The Hall–Kier alpha value is -2.14. The van der Waals surface area contributed by atoms with Gasteiger partial charge in [0.25, 0.3) is 0 Å². The second-order valence-electron chi connectivity index (χ2n) is 9.30. The summed E-state index contributed by atoms with van der Waals surface area (Å²) in [7, 11) is -0.515. The zero-order valence-electron chi connectivity index (χ0n) is 18.7. The molecule has 0 spiro atoms. The van der Waals surface area contributed by atoms with Crippen molar-refractivity contribution in [1.29, 1.82) is 0 Å². The van der Waals surface area contributed by atoms with Crippen LogP contribution in [0, 0.1) is 0 Å². The molecule has 2 aliphatic rings. The van der Waals surface area contributed by atoms with Crippen molar-refractivity contribution in [3.8, 4) is 5.75 Å². The molecule has 10 heteroatoms. The fourth-order valence-corrected chi connectivity index (χ4v) is 4.10. The highest BCUT2D eigenvalue weighted by Crippen LogP contribution is 2.37. The van der Waals surface area contributed by atoms with Gasteiger partial charge >= 0.3 is 7.12 Å². The number of pyridine rings is 1. The van der Waals surface area contributed by atoms with Crippen LogP contribution in [0.5, 0.6) is 5.75 Å². The number of morpholine rings is 1. The van der Waals surface area contributed by atoms with Crippen LogP contribution in [0.25, 0.3) is 16.6 Å². The molecular weight excluding hydrogens is 397 g/mol. The molecule has 9 nitrogen and oxygen atoms in total. The van der Waals surface area contributed by atoms with E-state index in [9.17, 15) is 0 Å². The lowest BCUT2D eigenvalue weighted by Crippen LogP contribution is -2.41. The smallest absolute Gasteiger partial charge is 0.492 e. The first-order valence-corrected chi connectivity index (χ1v) is 11.0. The minimum absolute atomic E-state index is 0.431. The second kappa shape index (κ2) is 7.77. The van der Waals surface area contributed by atoms with E-state index in [4.69, 9.17) is 18.8 Å². The van der Waals surface area contributed by atoms with E-state index in [1.807, 2.05) is 16.8 Å². The third kappa shape index (κ3) is 3.82. The van der Waals surface area contributed by atoms with Gasteiger partial charge in [-0.15, -0.1) is 5.10 Å². The van der Waals surface area contributed by atoms with E-state index in [0.717, 1.165) is 67.0 Å². The van der Waals surface area contributed by atoms with Crippen LogP contribution in [-0.4, -0.2) is 82.5 Å². The number of hydrogen-bond acceptors (Lipinski definition) is 7. The van der Waals surface area contributed by atoms with Gasteiger partial charge in [0.05, 0.1) is 54.3 Å². The summed E-state index contributed by atoms with van der Waals surface area (Å²) in [5.41, 5.74) is 1.68. The molecule has 31 heavy (non-hydrogen) atoms. The monoisotopic (exact) mass is 427 g/mol. The van der Waals surface area contributed by atoms with Crippen LogP contribution in [0.4, 0.5) is 0 Å². The van der Waals surface area contributed by atoms with Crippen LogP contribution in [-0.2, 0) is 14.0 Å². The molecule has 0 saturated carbocycles. The quantitative estimate of drug-likeness (QED) is 0.473. The number of aromatic amines is 1. The Labute approximate surface area is 182 Å². The van der Waals surface area contributed by atoms with Crippen LogP contribution < -0.4 is 10.2 Å². The summed E-state index contributed by atoms with van der Waals surface area (Å²) >= 11 is 0. The maximum Gasteiger partial charge on any atom is 0.497 e. The topological polar surface area (TPSA) is 86.1 Å². The SMILES string of the molecule is CC1(C)OB(c2cc(OCCCN3CCOCC3)cn3nc4[nH]ncc4c23)OC1(C)C. The van der Waals surface area contributed by atoms with Crippen molar-refractivity contribution in [1.82, 2.24) is 24.7 Å². The number of nitrogens with one attached hydrogen (secondary N) is 1. The summed E-state index contributed by atoms with van der Waals surface area (Å²) in [4.78, 5) is 2.41. The number of ether oxygens (including phenoxy) is 2. The summed E-state index contributed by atoms with van der Waals surface area (Å²) in [6.45, 7) is 13.5. The number of nitrogens with zero attached hydrogens (tertiary/aromatic N) is 4. The second-order valence-corrected chi connectivity index (χ2v) is 9.30. The van der Waals surface area contributed by atoms with E-state index in [1.165, 1.54) is 0 Å². The summed E-state index contributed by atoms with van der Waals surface area (Å²) < 4.78 is 26.1. The Morgan fingerprint density at radius 2 is 1.90 bits per heavy atom. The summed E-state index contributed by atoms with van der Waals surface area (Å²) in [6.07, 6.45) is 4.65. The minimum Gasteiger partial charge on any atom is -0.492 e. The highest BCUT2D eigenvalue weighted by atomic mass is 16.7. The third-order valence-electron chi connectivity index (χ3n) is 6.63. The molecule has 0 unspecified atom stereocenters. The first-order valence-electron chi connectivity index (χ1n) is 11.0. The summed E-state index contributed by atoms with van der Waals surface area (Å²) in [5.74, 6) is 0.748. The number of hydrogen-bond donors (Lipinski definition) is 1. The van der Waals surface area contributed by atoms with Crippen LogP contribution >= 0.6 is 0 Å². The van der Waals surface area contributed by atoms with Crippen molar-refractivity contribution < 1.29 is 18.8 Å². The number of H-pyrrole nitrogens is 1. The van der Waals surface area contributed by atoms with E-state index in [1.54, 1.807) is 6.20 Å². The minimum atomic E-state index is -0.515. The highest BCUT2D eigenvalue weighted by Gasteiger charge is 2.52. The Morgan fingerprint density at radius 3 is 2.65 bits per heavy atom. The molecule has 3 aromatic rings. The van der Waals surface area contributed by atoms with E-state index >= 15 is 0 Å². The van der Waals surface area contributed by atoms with Gasteiger partial charge in [0.2, 0.25) is 0 Å². The van der Waals surface area contributed by atoms with Crippen LogP contribution in [0.3, 0.4) is 0 Å². The van der Waals surface area contributed by atoms with Crippen molar-refractivity contribution in [2.75, 3.05) is 39.5 Å². The molecule has 0 amide bonds. The predicted molar refractivity (Wildman–Crippen MR) is 118 cm³/mol. The van der Waals surface area contributed by atoms with Gasteiger partial charge in [-0.25, -0.2) is 4.52 Å². The van der Waals surface area contributed by atoms with Crippen LogP contribution in [0.1, 0.15) is 34.1 Å².